The van der Waals surface area contributed by atoms with Crippen LogP contribution in [0, 0.1) is 0 Å². The van der Waals surface area contributed by atoms with E-state index in [1.165, 1.54) is 35.9 Å². The minimum Gasteiger partial charge on any atom is -0.465 e. The van der Waals surface area contributed by atoms with Gasteiger partial charge in [-0.05, 0) is 32.3 Å². The fourth-order valence-electron chi connectivity index (χ4n) is 4.05. The lowest BCUT2D eigenvalue weighted by Crippen LogP contribution is -2.32. The number of thiophene rings is 1. The van der Waals surface area contributed by atoms with E-state index < -0.39 is 0 Å². The van der Waals surface area contributed by atoms with Crippen molar-refractivity contribution in [3.8, 4) is 0 Å². The third-order valence-corrected chi connectivity index (χ3v) is 7.68. The van der Waals surface area contributed by atoms with Crippen molar-refractivity contribution in [3.05, 3.63) is 34.6 Å². The fourth-order valence-corrected chi connectivity index (χ4v) is 5.96. The van der Waals surface area contributed by atoms with E-state index in [0.717, 1.165) is 22.9 Å². The monoisotopic (exact) mass is 473 g/mol. The van der Waals surface area contributed by atoms with Gasteiger partial charge in [0.1, 0.15) is 4.70 Å². The molecule has 9 heteroatoms. The Morgan fingerprint density at radius 1 is 1.28 bits per heavy atom. The summed E-state index contributed by atoms with van der Waals surface area (Å²) in [5, 5.41) is 4.51. The number of thioether (sulfide) groups is 1. The Kier molecular flexibility index (Phi) is 7.47. The van der Waals surface area contributed by atoms with Crippen LogP contribution in [0.4, 0.5) is 0 Å². The molecular weight excluding hydrogens is 446 g/mol. The molecule has 1 aromatic carbocycles. The first-order valence-electron chi connectivity index (χ1n) is 11.1. The summed E-state index contributed by atoms with van der Waals surface area (Å²) in [6, 6.07) is 8.09. The van der Waals surface area contributed by atoms with Crippen LogP contribution in [0.25, 0.3) is 20.3 Å². The van der Waals surface area contributed by atoms with E-state index >= 15 is 0 Å². The van der Waals surface area contributed by atoms with Gasteiger partial charge in [-0.3, -0.25) is 19.0 Å². The van der Waals surface area contributed by atoms with Crippen LogP contribution in [0.15, 0.2) is 34.2 Å². The van der Waals surface area contributed by atoms with Gasteiger partial charge in [0.15, 0.2) is 5.16 Å². The zero-order valence-electron chi connectivity index (χ0n) is 18.1. The number of ether oxygens (including phenoxy) is 1. The zero-order valence-corrected chi connectivity index (χ0v) is 19.7. The first kappa shape index (κ1) is 22.8. The summed E-state index contributed by atoms with van der Waals surface area (Å²) in [6.45, 7) is 2.44. The highest BCUT2D eigenvalue weighted by atomic mass is 32.2. The molecule has 170 valence electrons. The molecule has 1 aliphatic rings. The number of amides is 1. The van der Waals surface area contributed by atoms with Crippen molar-refractivity contribution >= 4 is 55.3 Å². The predicted molar refractivity (Wildman–Crippen MR) is 128 cm³/mol. The van der Waals surface area contributed by atoms with Crippen LogP contribution in [-0.4, -0.2) is 39.8 Å². The SMILES string of the molecule is CCOC(=O)CSc1nc2c(sc3ccccc32)c(=O)n1CCCC(=O)NC1CCCC1. The second-order valence-electron chi connectivity index (χ2n) is 7.87. The summed E-state index contributed by atoms with van der Waals surface area (Å²) < 4.78 is 8.23. The molecule has 0 radical (unpaired) electrons. The number of fused-ring (bicyclic) bond motifs is 3. The lowest BCUT2D eigenvalue weighted by molar-refractivity contribution is -0.139. The maximum atomic E-state index is 13.3. The van der Waals surface area contributed by atoms with Gasteiger partial charge >= 0.3 is 5.97 Å². The van der Waals surface area contributed by atoms with Gasteiger partial charge in [-0.25, -0.2) is 4.98 Å². The molecule has 1 fully saturated rings. The maximum Gasteiger partial charge on any atom is 0.316 e. The first-order chi connectivity index (χ1) is 15.6. The van der Waals surface area contributed by atoms with Gasteiger partial charge < -0.3 is 10.1 Å². The van der Waals surface area contributed by atoms with E-state index in [1.807, 2.05) is 24.3 Å². The summed E-state index contributed by atoms with van der Waals surface area (Å²) in [4.78, 5) is 42.3. The Hall–Kier alpha value is -2.39. The van der Waals surface area contributed by atoms with Crippen molar-refractivity contribution in [2.24, 2.45) is 0 Å². The number of aromatic nitrogens is 2. The van der Waals surface area contributed by atoms with Crippen molar-refractivity contribution in [1.82, 2.24) is 14.9 Å². The molecule has 0 saturated heterocycles. The molecule has 4 rings (SSSR count). The fraction of sp³-hybridized carbons (Fsp3) is 0.478. The van der Waals surface area contributed by atoms with E-state index in [2.05, 4.69) is 5.32 Å². The molecule has 32 heavy (non-hydrogen) atoms. The molecule has 3 aromatic rings. The molecular formula is C23H27N3O4S2. The summed E-state index contributed by atoms with van der Waals surface area (Å²) >= 11 is 2.63. The number of rotatable bonds is 9. The molecule has 2 heterocycles. The van der Waals surface area contributed by atoms with Crippen LogP contribution in [0.2, 0.25) is 0 Å². The zero-order chi connectivity index (χ0) is 22.5. The van der Waals surface area contributed by atoms with Crippen LogP contribution < -0.4 is 10.9 Å². The normalized spacial score (nSPS) is 14.3. The second-order valence-corrected chi connectivity index (χ2v) is 9.87. The number of carbonyl (C=O) groups is 2. The highest BCUT2D eigenvalue weighted by molar-refractivity contribution is 7.99. The van der Waals surface area contributed by atoms with E-state index in [4.69, 9.17) is 9.72 Å². The molecule has 0 atom stereocenters. The third-order valence-electron chi connectivity index (χ3n) is 5.58. The lowest BCUT2D eigenvalue weighted by Gasteiger charge is -2.13. The van der Waals surface area contributed by atoms with E-state index in [-0.39, 0.29) is 29.2 Å². The van der Waals surface area contributed by atoms with Gasteiger partial charge in [0.2, 0.25) is 5.91 Å². The summed E-state index contributed by atoms with van der Waals surface area (Å²) in [6.07, 6.45) is 5.32. The molecule has 0 bridgehead atoms. The molecule has 0 spiro atoms. The Morgan fingerprint density at radius 2 is 2.06 bits per heavy atom. The molecule has 0 aliphatic heterocycles. The van der Waals surface area contributed by atoms with Crippen LogP contribution in [0.1, 0.15) is 45.4 Å². The molecule has 7 nitrogen and oxygen atoms in total. The molecule has 1 aliphatic carbocycles. The number of hydrogen-bond donors (Lipinski definition) is 1. The smallest absolute Gasteiger partial charge is 0.316 e. The molecule has 2 aromatic heterocycles. The van der Waals surface area contributed by atoms with Gasteiger partial charge in [0.25, 0.3) is 5.56 Å². The predicted octanol–water partition coefficient (Wildman–Crippen LogP) is 4.11. The summed E-state index contributed by atoms with van der Waals surface area (Å²) in [7, 11) is 0. The van der Waals surface area contributed by atoms with Gasteiger partial charge in [0, 0.05) is 29.1 Å². The number of carbonyl (C=O) groups excluding carboxylic acids is 2. The maximum absolute atomic E-state index is 13.3. The third kappa shape index (κ3) is 5.15. The van der Waals surface area contributed by atoms with Crippen molar-refractivity contribution < 1.29 is 14.3 Å². The standard InChI is InChI=1S/C23H27N3O4S2/c1-2-30-19(28)14-31-23-25-20-16-10-5-6-11-17(16)32-21(20)22(29)26(23)13-7-12-18(27)24-15-8-3-4-9-15/h5-6,10-11,15H,2-4,7-9,12-14H2,1H3,(H,24,27). The van der Waals surface area contributed by atoms with Crippen LogP contribution in [0.3, 0.4) is 0 Å². The Labute approximate surface area is 194 Å². The van der Waals surface area contributed by atoms with Gasteiger partial charge in [-0.15, -0.1) is 11.3 Å². The average molecular weight is 474 g/mol. The second kappa shape index (κ2) is 10.5. The van der Waals surface area contributed by atoms with E-state index in [0.29, 0.717) is 41.4 Å². The Morgan fingerprint density at radius 3 is 2.84 bits per heavy atom. The summed E-state index contributed by atoms with van der Waals surface area (Å²) in [5.74, 6) is -0.234. The minimum atomic E-state index is -0.343. The largest absolute Gasteiger partial charge is 0.465 e. The average Bonchev–Trinajstić information content (AvgIpc) is 3.42. The highest BCUT2D eigenvalue weighted by Crippen LogP contribution is 2.31. The molecule has 1 saturated carbocycles. The van der Waals surface area contributed by atoms with Crippen molar-refractivity contribution in [1.29, 1.82) is 0 Å². The van der Waals surface area contributed by atoms with E-state index in [1.54, 1.807) is 11.5 Å². The number of nitrogens with one attached hydrogen (secondary N) is 1. The van der Waals surface area contributed by atoms with Crippen molar-refractivity contribution in [2.75, 3.05) is 12.4 Å². The topological polar surface area (TPSA) is 90.3 Å². The summed E-state index contributed by atoms with van der Waals surface area (Å²) in [5.41, 5.74) is 0.538. The Bertz CT molecular complexity index is 1180. The van der Waals surface area contributed by atoms with E-state index in [9.17, 15) is 14.4 Å². The van der Waals surface area contributed by atoms with Crippen molar-refractivity contribution in [2.45, 2.75) is 63.2 Å². The number of hydrogen-bond acceptors (Lipinski definition) is 7. The van der Waals surface area contributed by atoms with Crippen LogP contribution >= 0.6 is 23.1 Å². The minimum absolute atomic E-state index is 0.0292. The first-order valence-corrected chi connectivity index (χ1v) is 12.9. The lowest BCUT2D eigenvalue weighted by atomic mass is 10.2. The number of nitrogens with zero attached hydrogens (tertiary/aromatic N) is 2. The Balaban J connectivity index is 1.56. The van der Waals surface area contributed by atoms with Crippen LogP contribution in [0.5, 0.6) is 0 Å². The molecule has 1 N–H and O–H groups in total. The molecule has 1 amide bonds. The highest BCUT2D eigenvalue weighted by Gasteiger charge is 2.19. The van der Waals surface area contributed by atoms with Crippen molar-refractivity contribution in [3.63, 3.8) is 0 Å². The molecule has 0 unspecified atom stereocenters. The van der Waals surface area contributed by atoms with Gasteiger partial charge in [-0.2, -0.15) is 0 Å². The van der Waals surface area contributed by atoms with Gasteiger partial charge in [0.05, 0.1) is 17.9 Å². The van der Waals surface area contributed by atoms with Gasteiger partial charge in [-0.1, -0.05) is 42.8 Å². The number of benzene rings is 1. The van der Waals surface area contributed by atoms with Crippen LogP contribution in [-0.2, 0) is 20.9 Å². The quantitative estimate of drug-likeness (QED) is 0.286. The number of esters is 1.